The van der Waals surface area contributed by atoms with E-state index < -0.39 is 20.9 Å². The van der Waals surface area contributed by atoms with Crippen LogP contribution >= 0.6 is 11.6 Å². The van der Waals surface area contributed by atoms with Crippen LogP contribution in [0.2, 0.25) is 5.02 Å². The Bertz CT molecular complexity index is 1010. The smallest absolute Gasteiger partial charge is 0.192 e. The summed E-state index contributed by atoms with van der Waals surface area (Å²) in [6.45, 7) is 1.88. The Kier molecular flexibility index (Phi) is 5.25. The molecule has 0 aliphatic heterocycles. The number of carbonyl (C=O) groups excluding carboxylic acids is 1. The molecule has 3 aromatic rings. The molecule has 5 heteroatoms. The summed E-state index contributed by atoms with van der Waals surface area (Å²) >= 11 is 5.93. The number of halogens is 1. The monoisotopic (exact) mass is 384 g/mol. The Morgan fingerprint density at radius 2 is 1.42 bits per heavy atom. The average molecular weight is 385 g/mol. The fourth-order valence-corrected chi connectivity index (χ4v) is 4.57. The molecule has 132 valence electrons. The molecular formula is C21H17ClO3S. The van der Waals surface area contributed by atoms with Gasteiger partial charge in [-0.2, -0.15) is 0 Å². The molecule has 0 N–H and O–H groups in total. The van der Waals surface area contributed by atoms with Crippen molar-refractivity contribution in [2.45, 2.75) is 17.1 Å². The number of benzene rings is 3. The van der Waals surface area contributed by atoms with E-state index in [0.717, 1.165) is 5.56 Å². The van der Waals surface area contributed by atoms with E-state index in [1.165, 1.54) is 12.1 Å². The van der Waals surface area contributed by atoms with Gasteiger partial charge in [-0.1, -0.05) is 71.8 Å². The SMILES string of the molecule is Cc1ccc(S(=O)(=O)C(C(=O)c2ccccc2)c2ccc(Cl)cc2)cc1. The molecule has 1 atom stereocenters. The van der Waals surface area contributed by atoms with Crippen molar-refractivity contribution in [1.82, 2.24) is 0 Å². The maximum atomic E-state index is 13.3. The van der Waals surface area contributed by atoms with Crippen molar-refractivity contribution in [3.05, 3.63) is 101 Å². The number of hydrogen-bond acceptors (Lipinski definition) is 3. The van der Waals surface area contributed by atoms with Gasteiger partial charge in [0, 0.05) is 10.6 Å². The summed E-state index contributed by atoms with van der Waals surface area (Å²) in [6, 6.07) is 21.3. The van der Waals surface area contributed by atoms with Crippen LogP contribution in [-0.2, 0) is 9.84 Å². The topological polar surface area (TPSA) is 51.2 Å². The maximum absolute atomic E-state index is 13.3. The molecule has 3 nitrogen and oxygen atoms in total. The fourth-order valence-electron chi connectivity index (χ4n) is 2.73. The van der Waals surface area contributed by atoms with E-state index in [0.29, 0.717) is 16.1 Å². The van der Waals surface area contributed by atoms with E-state index in [1.54, 1.807) is 66.7 Å². The second kappa shape index (κ2) is 7.44. The van der Waals surface area contributed by atoms with Crippen LogP contribution < -0.4 is 0 Å². The average Bonchev–Trinajstić information content (AvgIpc) is 2.64. The third kappa shape index (κ3) is 3.71. The molecule has 0 aliphatic carbocycles. The summed E-state index contributed by atoms with van der Waals surface area (Å²) in [5.74, 6) is -0.464. The number of aryl methyl sites for hydroxylation is 1. The number of Topliss-reactive ketones (excluding diaryl/α,β-unsaturated/α-hetero) is 1. The third-order valence-electron chi connectivity index (χ3n) is 4.13. The van der Waals surface area contributed by atoms with E-state index in [-0.39, 0.29) is 4.90 Å². The summed E-state index contributed by atoms with van der Waals surface area (Å²) in [4.78, 5) is 13.2. The molecule has 3 rings (SSSR count). The summed E-state index contributed by atoms with van der Waals surface area (Å²) < 4.78 is 26.6. The predicted molar refractivity (Wildman–Crippen MR) is 103 cm³/mol. The van der Waals surface area contributed by atoms with Crippen LogP contribution in [-0.4, -0.2) is 14.2 Å². The zero-order valence-corrected chi connectivity index (χ0v) is 15.7. The van der Waals surface area contributed by atoms with Gasteiger partial charge in [0.25, 0.3) is 0 Å². The lowest BCUT2D eigenvalue weighted by molar-refractivity contribution is 0.0986. The minimum Gasteiger partial charge on any atom is -0.292 e. The van der Waals surface area contributed by atoms with Gasteiger partial charge in [0.05, 0.1) is 4.90 Å². The Hall–Kier alpha value is -2.43. The first-order valence-electron chi connectivity index (χ1n) is 8.05. The molecule has 0 spiro atoms. The first-order valence-corrected chi connectivity index (χ1v) is 9.97. The van der Waals surface area contributed by atoms with Crippen LogP contribution in [0.5, 0.6) is 0 Å². The molecule has 0 saturated heterocycles. The third-order valence-corrected chi connectivity index (χ3v) is 6.42. The van der Waals surface area contributed by atoms with Crippen molar-refractivity contribution in [3.63, 3.8) is 0 Å². The summed E-state index contributed by atoms with van der Waals surface area (Å²) in [7, 11) is -3.92. The highest BCUT2D eigenvalue weighted by Crippen LogP contribution is 2.33. The number of carbonyl (C=O) groups is 1. The summed E-state index contributed by atoms with van der Waals surface area (Å²) in [5, 5.41) is -0.850. The highest BCUT2D eigenvalue weighted by molar-refractivity contribution is 7.92. The first-order chi connectivity index (χ1) is 12.4. The minimum absolute atomic E-state index is 0.118. The quantitative estimate of drug-likeness (QED) is 0.578. The molecule has 0 heterocycles. The zero-order chi connectivity index (χ0) is 18.7. The molecule has 0 radical (unpaired) electrons. The van der Waals surface area contributed by atoms with E-state index in [2.05, 4.69) is 0 Å². The van der Waals surface area contributed by atoms with Crippen molar-refractivity contribution >= 4 is 27.2 Å². The van der Waals surface area contributed by atoms with Crippen LogP contribution in [0, 0.1) is 6.92 Å². The Morgan fingerprint density at radius 1 is 0.846 bits per heavy atom. The van der Waals surface area contributed by atoms with E-state index in [4.69, 9.17) is 11.6 Å². The van der Waals surface area contributed by atoms with E-state index >= 15 is 0 Å². The molecule has 0 aromatic heterocycles. The molecule has 0 saturated carbocycles. The molecule has 1 unspecified atom stereocenters. The van der Waals surface area contributed by atoms with Gasteiger partial charge < -0.3 is 0 Å². The van der Waals surface area contributed by atoms with Crippen LogP contribution in [0.15, 0.2) is 83.8 Å². The Labute approximate surface area is 158 Å². The fraction of sp³-hybridized carbons (Fsp3) is 0.0952. The molecule has 0 amide bonds. The van der Waals surface area contributed by atoms with Gasteiger partial charge in [0.15, 0.2) is 20.9 Å². The normalized spacial score (nSPS) is 12.5. The first kappa shape index (κ1) is 18.4. The lowest BCUT2D eigenvalue weighted by Crippen LogP contribution is -2.23. The van der Waals surface area contributed by atoms with Gasteiger partial charge >= 0.3 is 0 Å². The highest BCUT2D eigenvalue weighted by atomic mass is 35.5. The lowest BCUT2D eigenvalue weighted by atomic mass is 10.0. The predicted octanol–water partition coefficient (Wildman–Crippen LogP) is 5.05. The van der Waals surface area contributed by atoms with Gasteiger partial charge in [-0.3, -0.25) is 4.79 Å². The number of sulfone groups is 1. The lowest BCUT2D eigenvalue weighted by Gasteiger charge is -2.18. The van der Waals surface area contributed by atoms with Gasteiger partial charge in [-0.15, -0.1) is 0 Å². The summed E-state index contributed by atoms with van der Waals surface area (Å²) in [6.07, 6.45) is 0. The molecular weight excluding hydrogens is 368 g/mol. The van der Waals surface area contributed by atoms with E-state index in [1.807, 2.05) is 6.92 Å². The standard InChI is InChI=1S/C21H17ClO3S/c1-15-7-13-19(14-8-15)26(24,25)21(17-9-11-18(22)12-10-17)20(23)16-5-3-2-4-6-16/h2-14,21H,1H3. The van der Waals surface area contributed by atoms with Crippen molar-refractivity contribution in [2.75, 3.05) is 0 Å². The van der Waals surface area contributed by atoms with Gasteiger partial charge in [0.2, 0.25) is 0 Å². The molecule has 26 heavy (non-hydrogen) atoms. The highest BCUT2D eigenvalue weighted by Gasteiger charge is 2.36. The van der Waals surface area contributed by atoms with Crippen LogP contribution in [0.25, 0.3) is 0 Å². The second-order valence-electron chi connectivity index (χ2n) is 6.02. The largest absolute Gasteiger partial charge is 0.292 e. The van der Waals surface area contributed by atoms with E-state index in [9.17, 15) is 13.2 Å². The Morgan fingerprint density at radius 3 is 2.00 bits per heavy atom. The molecule has 0 aliphatic rings. The second-order valence-corrected chi connectivity index (χ2v) is 8.49. The van der Waals surface area contributed by atoms with Crippen LogP contribution in [0.4, 0.5) is 0 Å². The van der Waals surface area contributed by atoms with Crippen molar-refractivity contribution in [3.8, 4) is 0 Å². The van der Waals surface area contributed by atoms with Crippen molar-refractivity contribution < 1.29 is 13.2 Å². The Balaban J connectivity index is 2.15. The number of ketones is 1. The number of rotatable bonds is 5. The number of hydrogen-bond donors (Lipinski definition) is 0. The van der Waals surface area contributed by atoms with Gasteiger partial charge in [-0.25, -0.2) is 8.42 Å². The molecule has 0 bridgehead atoms. The van der Waals surface area contributed by atoms with Gasteiger partial charge in [0.1, 0.15) is 0 Å². The van der Waals surface area contributed by atoms with Crippen LogP contribution in [0.1, 0.15) is 26.7 Å². The van der Waals surface area contributed by atoms with Gasteiger partial charge in [-0.05, 0) is 36.8 Å². The molecule has 0 fully saturated rings. The van der Waals surface area contributed by atoms with Crippen LogP contribution in [0.3, 0.4) is 0 Å². The van der Waals surface area contributed by atoms with Crippen molar-refractivity contribution in [1.29, 1.82) is 0 Å². The summed E-state index contributed by atoms with van der Waals surface area (Å²) in [5.41, 5.74) is 1.69. The maximum Gasteiger partial charge on any atom is 0.192 e. The molecule has 3 aromatic carbocycles. The van der Waals surface area contributed by atoms with Crippen molar-refractivity contribution in [2.24, 2.45) is 0 Å². The minimum atomic E-state index is -3.92. The zero-order valence-electron chi connectivity index (χ0n) is 14.1.